The van der Waals surface area contributed by atoms with Crippen LogP contribution >= 0.6 is 11.3 Å². The average molecular weight is 288 g/mol. The first-order valence-corrected chi connectivity index (χ1v) is 7.08. The quantitative estimate of drug-likeness (QED) is 0.941. The fourth-order valence-corrected chi connectivity index (χ4v) is 2.94. The van der Waals surface area contributed by atoms with Gasteiger partial charge in [-0.05, 0) is 30.2 Å². The summed E-state index contributed by atoms with van der Waals surface area (Å²) in [5.74, 6) is -0.896. The zero-order valence-electron chi connectivity index (χ0n) is 10.6. The summed E-state index contributed by atoms with van der Waals surface area (Å²) in [5.41, 5.74) is 1.95. The molecular weight excluding hydrogens is 276 g/mol. The Kier molecular flexibility index (Phi) is 3.23. The second-order valence-electron chi connectivity index (χ2n) is 4.55. The first kappa shape index (κ1) is 12.8. The molecule has 0 fully saturated rings. The molecular formula is C14H12N2O3S. The molecule has 1 aliphatic heterocycles. The monoisotopic (exact) mass is 288 g/mol. The van der Waals surface area contributed by atoms with Gasteiger partial charge in [-0.25, -0.2) is 9.78 Å². The Labute approximate surface area is 119 Å². The average Bonchev–Trinajstić information content (AvgIpc) is 2.94. The molecule has 5 nitrogen and oxygen atoms in total. The van der Waals surface area contributed by atoms with Gasteiger partial charge in [-0.15, -0.1) is 11.3 Å². The molecule has 3 rings (SSSR count). The molecule has 2 heterocycles. The van der Waals surface area contributed by atoms with Crippen molar-refractivity contribution in [2.24, 2.45) is 0 Å². The van der Waals surface area contributed by atoms with Gasteiger partial charge in [-0.2, -0.15) is 0 Å². The molecule has 1 aromatic carbocycles. The summed E-state index contributed by atoms with van der Waals surface area (Å²) in [6, 6.07) is 4.90. The number of carbonyl (C=O) groups is 2. The maximum Gasteiger partial charge on any atom is 0.335 e. The first-order valence-electron chi connectivity index (χ1n) is 6.20. The minimum atomic E-state index is -0.948. The zero-order chi connectivity index (χ0) is 14.1. The van der Waals surface area contributed by atoms with Crippen molar-refractivity contribution in [2.45, 2.75) is 19.4 Å². The largest absolute Gasteiger partial charge is 0.478 e. The number of carboxylic acid groups (broad SMARTS) is 1. The van der Waals surface area contributed by atoms with Gasteiger partial charge in [-0.1, -0.05) is 0 Å². The van der Waals surface area contributed by atoms with Gasteiger partial charge in [0, 0.05) is 23.7 Å². The Morgan fingerprint density at radius 2 is 2.25 bits per heavy atom. The molecule has 0 unspecified atom stereocenters. The normalized spacial score (nSPS) is 14.2. The third-order valence-electron chi connectivity index (χ3n) is 3.30. The number of benzene rings is 1. The van der Waals surface area contributed by atoms with Gasteiger partial charge in [0.25, 0.3) is 0 Å². The van der Waals surface area contributed by atoms with Crippen molar-refractivity contribution in [1.82, 2.24) is 4.98 Å². The molecule has 0 saturated heterocycles. The fourth-order valence-electron chi connectivity index (χ4n) is 2.33. The van der Waals surface area contributed by atoms with E-state index >= 15 is 0 Å². The maximum atomic E-state index is 12.1. The van der Waals surface area contributed by atoms with Crippen molar-refractivity contribution in [2.75, 3.05) is 4.90 Å². The lowest BCUT2D eigenvalue weighted by atomic mass is 9.99. The van der Waals surface area contributed by atoms with Crippen LogP contribution in [0.3, 0.4) is 0 Å². The second-order valence-corrected chi connectivity index (χ2v) is 5.53. The van der Waals surface area contributed by atoms with E-state index in [-0.39, 0.29) is 11.5 Å². The van der Waals surface area contributed by atoms with E-state index in [9.17, 15) is 9.59 Å². The van der Waals surface area contributed by atoms with Gasteiger partial charge in [0.05, 0.1) is 12.1 Å². The maximum absolute atomic E-state index is 12.1. The minimum Gasteiger partial charge on any atom is -0.478 e. The predicted molar refractivity (Wildman–Crippen MR) is 75.0 cm³/mol. The van der Waals surface area contributed by atoms with Crippen LogP contribution in [0.5, 0.6) is 0 Å². The van der Waals surface area contributed by atoms with E-state index in [4.69, 9.17) is 5.11 Å². The topological polar surface area (TPSA) is 70.5 Å². The highest BCUT2D eigenvalue weighted by molar-refractivity contribution is 7.09. The Morgan fingerprint density at radius 1 is 1.40 bits per heavy atom. The first-order chi connectivity index (χ1) is 9.65. The Morgan fingerprint density at radius 3 is 2.95 bits per heavy atom. The number of thiazole rings is 1. The van der Waals surface area contributed by atoms with Crippen molar-refractivity contribution in [3.63, 3.8) is 0 Å². The molecule has 102 valence electrons. The number of anilines is 1. The summed E-state index contributed by atoms with van der Waals surface area (Å²) in [5, 5.41) is 11.8. The summed E-state index contributed by atoms with van der Waals surface area (Å²) in [6.07, 6.45) is 2.70. The number of carboxylic acids is 1. The molecule has 0 aliphatic carbocycles. The molecule has 0 saturated carbocycles. The molecule has 0 radical (unpaired) electrons. The smallest absolute Gasteiger partial charge is 0.335 e. The van der Waals surface area contributed by atoms with Crippen molar-refractivity contribution < 1.29 is 14.7 Å². The number of nitrogens with zero attached hydrogens (tertiary/aromatic N) is 2. The molecule has 0 bridgehead atoms. The summed E-state index contributed by atoms with van der Waals surface area (Å²) >= 11 is 1.50. The molecule has 6 heteroatoms. The molecule has 1 aromatic heterocycles. The molecule has 20 heavy (non-hydrogen) atoms. The zero-order valence-corrected chi connectivity index (χ0v) is 11.4. The highest BCUT2D eigenvalue weighted by Crippen LogP contribution is 2.30. The number of fused-ring (bicyclic) bond motifs is 1. The van der Waals surface area contributed by atoms with Crippen LogP contribution in [0.2, 0.25) is 0 Å². The van der Waals surface area contributed by atoms with Crippen LogP contribution in [-0.4, -0.2) is 22.0 Å². The van der Waals surface area contributed by atoms with Gasteiger partial charge >= 0.3 is 5.97 Å². The van der Waals surface area contributed by atoms with Gasteiger partial charge < -0.3 is 10.0 Å². The van der Waals surface area contributed by atoms with E-state index in [0.29, 0.717) is 19.4 Å². The number of carbonyl (C=O) groups excluding carboxylic acids is 1. The molecule has 0 atom stereocenters. The molecule has 1 amide bonds. The lowest BCUT2D eigenvalue weighted by Gasteiger charge is -2.29. The van der Waals surface area contributed by atoms with Gasteiger partial charge in [0.2, 0.25) is 5.91 Å². The van der Waals surface area contributed by atoms with Crippen LogP contribution in [0.4, 0.5) is 5.69 Å². The number of aromatic carboxylic acids is 1. The van der Waals surface area contributed by atoms with E-state index in [1.807, 2.05) is 5.38 Å². The van der Waals surface area contributed by atoms with Crippen LogP contribution in [-0.2, 0) is 17.8 Å². The highest BCUT2D eigenvalue weighted by Gasteiger charge is 2.25. The van der Waals surface area contributed by atoms with Crippen molar-refractivity contribution in [3.8, 4) is 0 Å². The van der Waals surface area contributed by atoms with E-state index < -0.39 is 5.97 Å². The standard InChI is InChI=1S/C14H12N2O3S/c17-13-4-2-9-7-10(14(18)19)1-3-11(9)16(13)8-12-15-5-6-20-12/h1,3,5-7H,2,4,8H2,(H,18,19). The van der Waals surface area contributed by atoms with Crippen molar-refractivity contribution in [3.05, 3.63) is 45.9 Å². The van der Waals surface area contributed by atoms with Gasteiger partial charge in [-0.3, -0.25) is 4.79 Å². The lowest BCUT2D eigenvalue weighted by Crippen LogP contribution is -2.34. The third kappa shape index (κ3) is 2.30. The Hall–Kier alpha value is -2.21. The summed E-state index contributed by atoms with van der Waals surface area (Å²) in [4.78, 5) is 29.0. The second kappa shape index (κ2) is 5.05. The molecule has 2 aromatic rings. The Bertz CT molecular complexity index is 667. The number of aryl methyl sites for hydroxylation is 1. The van der Waals surface area contributed by atoms with Crippen LogP contribution < -0.4 is 4.90 Å². The molecule has 1 aliphatic rings. The minimum absolute atomic E-state index is 0.0516. The number of rotatable bonds is 3. The third-order valence-corrected chi connectivity index (χ3v) is 4.07. The summed E-state index contributed by atoms with van der Waals surface area (Å²) < 4.78 is 0. The van der Waals surface area contributed by atoms with Crippen molar-refractivity contribution in [1.29, 1.82) is 0 Å². The van der Waals surface area contributed by atoms with Crippen LogP contribution in [0.15, 0.2) is 29.8 Å². The SMILES string of the molecule is O=C(O)c1ccc2c(c1)CCC(=O)N2Cc1nccs1. The summed E-state index contributed by atoms with van der Waals surface area (Å²) in [6.45, 7) is 0.440. The van der Waals surface area contributed by atoms with Crippen LogP contribution in [0.1, 0.15) is 27.3 Å². The lowest BCUT2D eigenvalue weighted by molar-refractivity contribution is -0.119. The highest BCUT2D eigenvalue weighted by atomic mass is 32.1. The van der Waals surface area contributed by atoms with Gasteiger partial charge in [0.1, 0.15) is 5.01 Å². The van der Waals surface area contributed by atoms with E-state index in [0.717, 1.165) is 16.3 Å². The molecule has 0 spiro atoms. The Balaban J connectivity index is 1.96. The molecule has 1 N–H and O–H groups in total. The van der Waals surface area contributed by atoms with Crippen LogP contribution in [0, 0.1) is 0 Å². The number of amides is 1. The number of hydrogen-bond acceptors (Lipinski definition) is 4. The predicted octanol–water partition coefficient (Wildman–Crippen LogP) is 2.32. The van der Waals surface area contributed by atoms with Crippen LogP contribution in [0.25, 0.3) is 0 Å². The van der Waals surface area contributed by atoms with Gasteiger partial charge in [0.15, 0.2) is 0 Å². The van der Waals surface area contributed by atoms with E-state index in [1.54, 1.807) is 23.2 Å². The number of aromatic nitrogens is 1. The fraction of sp³-hybridized carbons (Fsp3) is 0.214. The number of hydrogen-bond donors (Lipinski definition) is 1. The summed E-state index contributed by atoms with van der Waals surface area (Å²) in [7, 11) is 0. The van der Waals surface area contributed by atoms with E-state index in [2.05, 4.69) is 4.98 Å². The van der Waals surface area contributed by atoms with E-state index in [1.165, 1.54) is 17.4 Å². The van der Waals surface area contributed by atoms with Crippen molar-refractivity contribution >= 4 is 28.9 Å².